The SMILES string of the molecule is C=[C]C1([SiH](C)C)CCCCO1. The van der Waals surface area contributed by atoms with E-state index in [1.807, 2.05) is 0 Å². The van der Waals surface area contributed by atoms with Crippen LogP contribution in [0.3, 0.4) is 0 Å². The molecule has 0 aromatic carbocycles. The lowest BCUT2D eigenvalue weighted by atomic mass is 10.1. The maximum atomic E-state index is 5.76. The summed E-state index contributed by atoms with van der Waals surface area (Å²) in [7, 11) is -0.784. The fourth-order valence-electron chi connectivity index (χ4n) is 1.62. The second kappa shape index (κ2) is 3.54. The summed E-state index contributed by atoms with van der Waals surface area (Å²) in [5, 5.41) is -0.00174. The summed E-state index contributed by atoms with van der Waals surface area (Å²) >= 11 is 0. The highest BCUT2D eigenvalue weighted by Gasteiger charge is 2.34. The molecular weight excluding hydrogens is 152 g/mol. The van der Waals surface area contributed by atoms with Gasteiger partial charge in [-0.3, -0.25) is 0 Å². The molecule has 1 aliphatic heterocycles. The zero-order valence-electron chi connectivity index (χ0n) is 7.52. The van der Waals surface area contributed by atoms with E-state index in [9.17, 15) is 0 Å². The van der Waals surface area contributed by atoms with Crippen LogP contribution >= 0.6 is 0 Å². The van der Waals surface area contributed by atoms with Gasteiger partial charge in [0.2, 0.25) is 0 Å². The number of hydrogen-bond donors (Lipinski definition) is 0. The lowest BCUT2D eigenvalue weighted by Crippen LogP contribution is -2.45. The average Bonchev–Trinajstić information content (AvgIpc) is 2.05. The minimum absolute atomic E-state index is 0.00174. The Balaban J connectivity index is 2.64. The molecule has 0 spiro atoms. The van der Waals surface area contributed by atoms with Gasteiger partial charge >= 0.3 is 0 Å². The van der Waals surface area contributed by atoms with E-state index in [2.05, 4.69) is 25.7 Å². The first-order valence-electron chi connectivity index (χ1n) is 4.39. The summed E-state index contributed by atoms with van der Waals surface area (Å²) in [5.74, 6) is 0. The quantitative estimate of drug-likeness (QED) is 0.574. The molecule has 1 radical (unpaired) electrons. The molecule has 0 saturated carbocycles. The van der Waals surface area contributed by atoms with E-state index < -0.39 is 8.80 Å². The Morgan fingerprint density at radius 3 is 2.45 bits per heavy atom. The summed E-state index contributed by atoms with van der Waals surface area (Å²) in [6.45, 7) is 9.29. The van der Waals surface area contributed by atoms with Crippen molar-refractivity contribution in [2.24, 2.45) is 0 Å². The standard InChI is InChI=1S/C9H17OSi/c1-4-9(11(2)3)7-5-6-8-10-9/h11H,1,5-8H2,2-3H3. The predicted octanol–water partition coefficient (Wildman–Crippen LogP) is 1.94. The first-order valence-corrected chi connectivity index (χ1v) is 7.28. The van der Waals surface area contributed by atoms with Crippen molar-refractivity contribution in [1.82, 2.24) is 0 Å². The molecule has 0 N–H and O–H groups in total. The summed E-state index contributed by atoms with van der Waals surface area (Å²) in [6, 6.07) is 0. The van der Waals surface area contributed by atoms with Crippen LogP contribution in [-0.2, 0) is 4.74 Å². The molecule has 0 aromatic heterocycles. The van der Waals surface area contributed by atoms with Gasteiger partial charge in [0, 0.05) is 6.61 Å². The molecule has 1 nitrogen and oxygen atoms in total. The van der Waals surface area contributed by atoms with Crippen LogP contribution in [0.5, 0.6) is 0 Å². The molecule has 0 bridgehead atoms. The van der Waals surface area contributed by atoms with Crippen LogP contribution in [0.15, 0.2) is 6.58 Å². The summed E-state index contributed by atoms with van der Waals surface area (Å²) in [5.41, 5.74) is 0. The zero-order chi connectivity index (χ0) is 8.32. The van der Waals surface area contributed by atoms with Gasteiger partial charge in [-0.2, -0.15) is 0 Å². The van der Waals surface area contributed by atoms with Gasteiger partial charge in [0.1, 0.15) is 0 Å². The maximum absolute atomic E-state index is 5.76. The van der Waals surface area contributed by atoms with Crippen LogP contribution < -0.4 is 0 Å². The highest BCUT2D eigenvalue weighted by molar-refractivity contribution is 6.59. The van der Waals surface area contributed by atoms with Crippen molar-refractivity contribution in [3.63, 3.8) is 0 Å². The number of hydrogen-bond acceptors (Lipinski definition) is 1. The topological polar surface area (TPSA) is 9.23 Å². The molecular formula is C9H17OSi. The Bertz CT molecular complexity index is 136. The largest absolute Gasteiger partial charge is 0.374 e. The van der Waals surface area contributed by atoms with Gasteiger partial charge in [0.05, 0.1) is 14.0 Å². The third kappa shape index (κ3) is 1.74. The second-order valence-electron chi connectivity index (χ2n) is 3.53. The summed E-state index contributed by atoms with van der Waals surface area (Å²) in [6.07, 6.45) is 6.76. The highest BCUT2D eigenvalue weighted by atomic mass is 28.3. The van der Waals surface area contributed by atoms with Crippen molar-refractivity contribution in [2.45, 2.75) is 37.6 Å². The van der Waals surface area contributed by atoms with Gasteiger partial charge < -0.3 is 4.74 Å². The monoisotopic (exact) mass is 169 g/mol. The Labute approximate surface area is 71.1 Å². The molecule has 1 aliphatic rings. The van der Waals surface area contributed by atoms with Gasteiger partial charge in [-0.05, 0) is 25.3 Å². The molecule has 11 heavy (non-hydrogen) atoms. The highest BCUT2D eigenvalue weighted by Crippen LogP contribution is 2.27. The van der Waals surface area contributed by atoms with Crippen LogP contribution in [0.1, 0.15) is 19.3 Å². The predicted molar refractivity (Wildman–Crippen MR) is 50.3 cm³/mol. The Hall–Kier alpha value is -0.0831. The second-order valence-corrected chi connectivity index (χ2v) is 6.77. The minimum Gasteiger partial charge on any atom is -0.374 e. The van der Waals surface area contributed by atoms with E-state index in [0.717, 1.165) is 13.0 Å². The van der Waals surface area contributed by atoms with Crippen LogP contribution in [0.2, 0.25) is 13.1 Å². The van der Waals surface area contributed by atoms with E-state index in [-0.39, 0.29) is 5.22 Å². The lowest BCUT2D eigenvalue weighted by molar-refractivity contribution is 0.00564. The van der Waals surface area contributed by atoms with E-state index in [0.29, 0.717) is 0 Å². The molecule has 1 atom stereocenters. The van der Waals surface area contributed by atoms with E-state index in [4.69, 9.17) is 4.74 Å². The average molecular weight is 169 g/mol. The van der Waals surface area contributed by atoms with Gasteiger partial charge in [0.25, 0.3) is 0 Å². The smallest absolute Gasteiger partial charge is 0.0785 e. The number of ether oxygens (including phenoxy) is 1. The van der Waals surface area contributed by atoms with Crippen molar-refractivity contribution in [3.05, 3.63) is 12.7 Å². The molecule has 63 valence electrons. The third-order valence-electron chi connectivity index (χ3n) is 2.53. The molecule has 0 aliphatic carbocycles. The van der Waals surface area contributed by atoms with E-state index >= 15 is 0 Å². The molecule has 1 rings (SSSR count). The lowest BCUT2D eigenvalue weighted by Gasteiger charge is -2.37. The van der Waals surface area contributed by atoms with Crippen molar-refractivity contribution in [3.8, 4) is 0 Å². The van der Waals surface area contributed by atoms with E-state index in [1.165, 1.54) is 12.8 Å². The van der Waals surface area contributed by atoms with Crippen molar-refractivity contribution in [2.75, 3.05) is 6.61 Å². The first kappa shape index (κ1) is 9.01. The first-order chi connectivity index (χ1) is 5.21. The van der Waals surface area contributed by atoms with Gasteiger partial charge in [0.15, 0.2) is 0 Å². The molecule has 1 saturated heterocycles. The number of rotatable bonds is 2. The maximum Gasteiger partial charge on any atom is 0.0785 e. The van der Waals surface area contributed by atoms with Crippen molar-refractivity contribution < 1.29 is 4.74 Å². The van der Waals surface area contributed by atoms with E-state index in [1.54, 1.807) is 0 Å². The minimum atomic E-state index is -0.784. The Morgan fingerprint density at radius 2 is 2.18 bits per heavy atom. The van der Waals surface area contributed by atoms with Gasteiger partial charge in [-0.25, -0.2) is 0 Å². The van der Waals surface area contributed by atoms with Gasteiger partial charge in [-0.15, -0.1) is 0 Å². The van der Waals surface area contributed by atoms with Crippen LogP contribution in [0.25, 0.3) is 0 Å². The van der Waals surface area contributed by atoms with Gasteiger partial charge in [-0.1, -0.05) is 19.7 Å². The molecule has 0 amide bonds. The molecule has 1 unspecified atom stereocenters. The van der Waals surface area contributed by atoms with Crippen LogP contribution in [0, 0.1) is 6.08 Å². The molecule has 1 fully saturated rings. The summed E-state index contributed by atoms with van der Waals surface area (Å²) < 4.78 is 5.76. The fraction of sp³-hybridized carbons (Fsp3) is 0.778. The molecule has 2 heteroatoms. The van der Waals surface area contributed by atoms with Crippen LogP contribution in [-0.4, -0.2) is 20.6 Å². The normalized spacial score (nSPS) is 32.3. The fourth-order valence-corrected chi connectivity index (χ4v) is 3.26. The van der Waals surface area contributed by atoms with Crippen LogP contribution in [0.4, 0.5) is 0 Å². The van der Waals surface area contributed by atoms with Crippen molar-refractivity contribution >= 4 is 8.80 Å². The Morgan fingerprint density at radius 1 is 1.45 bits per heavy atom. The van der Waals surface area contributed by atoms with Crippen molar-refractivity contribution in [1.29, 1.82) is 0 Å². The Kier molecular flexibility index (Phi) is 2.90. The molecule has 0 aromatic rings. The summed E-state index contributed by atoms with van der Waals surface area (Å²) in [4.78, 5) is 0. The molecule has 1 heterocycles. The third-order valence-corrected chi connectivity index (χ3v) is 5.06. The zero-order valence-corrected chi connectivity index (χ0v) is 8.68.